The van der Waals surface area contributed by atoms with Crippen molar-refractivity contribution < 1.29 is 14.7 Å². The van der Waals surface area contributed by atoms with Crippen LogP contribution in [0.4, 0.5) is 0 Å². The van der Waals surface area contributed by atoms with E-state index in [1.54, 1.807) is 24.3 Å². The highest BCUT2D eigenvalue weighted by molar-refractivity contribution is 6.30. The third kappa shape index (κ3) is 3.70. The van der Waals surface area contributed by atoms with E-state index >= 15 is 0 Å². The van der Waals surface area contributed by atoms with Gasteiger partial charge in [-0.1, -0.05) is 31.5 Å². The summed E-state index contributed by atoms with van der Waals surface area (Å²) in [6, 6.07) is 6.55. The number of carbonyl (C=O) groups excluding carboxylic acids is 1. The number of carboxylic acid groups (broad SMARTS) is 1. The van der Waals surface area contributed by atoms with Crippen LogP contribution in [0.15, 0.2) is 24.3 Å². The fourth-order valence-corrected chi connectivity index (χ4v) is 2.05. The summed E-state index contributed by atoms with van der Waals surface area (Å²) in [6.07, 6.45) is 0.934. The molecule has 0 fully saturated rings. The Kier molecular flexibility index (Phi) is 5.36. The number of benzene rings is 1. The average Bonchev–Trinajstić information content (AvgIpc) is 2.40. The lowest BCUT2D eigenvalue weighted by Crippen LogP contribution is -2.42. The van der Waals surface area contributed by atoms with E-state index in [0.717, 1.165) is 0 Å². The van der Waals surface area contributed by atoms with E-state index in [0.29, 0.717) is 23.4 Å². The van der Waals surface area contributed by atoms with Crippen LogP contribution in [0.1, 0.15) is 37.0 Å². The fraction of sp³-hybridized carbons (Fsp3) is 0.429. The van der Waals surface area contributed by atoms with E-state index in [2.05, 4.69) is 5.32 Å². The molecule has 0 radical (unpaired) electrons. The second-order valence-corrected chi connectivity index (χ2v) is 4.92. The second kappa shape index (κ2) is 6.57. The molecule has 1 aromatic rings. The third-order valence-corrected chi connectivity index (χ3v) is 3.72. The minimum Gasteiger partial charge on any atom is -0.481 e. The SMILES string of the molecule is CCC(CC)(CNC(=O)c1cccc(Cl)c1)C(=O)O. The molecule has 2 N–H and O–H groups in total. The number of rotatable bonds is 6. The average molecular weight is 284 g/mol. The van der Waals surface area contributed by atoms with Crippen molar-refractivity contribution in [1.82, 2.24) is 5.32 Å². The van der Waals surface area contributed by atoms with Crippen molar-refractivity contribution in [3.8, 4) is 0 Å². The number of amides is 1. The molecule has 0 saturated carbocycles. The fourth-order valence-electron chi connectivity index (χ4n) is 1.86. The van der Waals surface area contributed by atoms with E-state index in [9.17, 15) is 14.7 Å². The first-order valence-electron chi connectivity index (χ1n) is 6.22. The number of carbonyl (C=O) groups is 2. The summed E-state index contributed by atoms with van der Waals surface area (Å²) in [4.78, 5) is 23.2. The Morgan fingerprint density at radius 1 is 1.32 bits per heavy atom. The van der Waals surface area contributed by atoms with Crippen LogP contribution in [0.25, 0.3) is 0 Å². The van der Waals surface area contributed by atoms with Crippen molar-refractivity contribution in [2.24, 2.45) is 5.41 Å². The molecule has 0 bridgehead atoms. The highest BCUT2D eigenvalue weighted by atomic mass is 35.5. The lowest BCUT2D eigenvalue weighted by atomic mass is 9.82. The summed E-state index contributed by atoms with van der Waals surface area (Å²) in [7, 11) is 0. The van der Waals surface area contributed by atoms with Gasteiger partial charge in [0, 0.05) is 17.1 Å². The topological polar surface area (TPSA) is 66.4 Å². The zero-order valence-corrected chi connectivity index (χ0v) is 11.8. The van der Waals surface area contributed by atoms with Gasteiger partial charge in [-0.25, -0.2) is 0 Å². The first-order valence-corrected chi connectivity index (χ1v) is 6.60. The molecule has 1 rings (SSSR count). The third-order valence-electron chi connectivity index (χ3n) is 3.48. The lowest BCUT2D eigenvalue weighted by molar-refractivity contribution is -0.149. The number of halogens is 1. The van der Waals surface area contributed by atoms with E-state index in [-0.39, 0.29) is 12.5 Å². The number of aliphatic carboxylic acids is 1. The van der Waals surface area contributed by atoms with Gasteiger partial charge in [0.05, 0.1) is 5.41 Å². The van der Waals surface area contributed by atoms with Crippen LogP contribution in [0.5, 0.6) is 0 Å². The van der Waals surface area contributed by atoms with Crippen LogP contribution in [0.2, 0.25) is 5.02 Å². The molecule has 104 valence electrons. The molecular formula is C14H18ClNO3. The van der Waals surface area contributed by atoms with Crippen molar-refractivity contribution in [1.29, 1.82) is 0 Å². The highest BCUT2D eigenvalue weighted by Crippen LogP contribution is 2.25. The summed E-state index contributed by atoms with van der Waals surface area (Å²) in [6.45, 7) is 3.73. The minimum atomic E-state index is -0.908. The van der Waals surface area contributed by atoms with Crippen molar-refractivity contribution in [2.45, 2.75) is 26.7 Å². The summed E-state index contributed by atoms with van der Waals surface area (Å²) in [5.41, 5.74) is -0.479. The highest BCUT2D eigenvalue weighted by Gasteiger charge is 2.35. The van der Waals surface area contributed by atoms with Crippen molar-refractivity contribution in [3.63, 3.8) is 0 Å². The Balaban J connectivity index is 2.75. The zero-order valence-electron chi connectivity index (χ0n) is 11.1. The van der Waals surface area contributed by atoms with E-state index in [1.165, 1.54) is 0 Å². The van der Waals surface area contributed by atoms with Crippen molar-refractivity contribution in [3.05, 3.63) is 34.9 Å². The summed E-state index contributed by atoms with van der Waals surface area (Å²) >= 11 is 5.81. The number of nitrogens with one attached hydrogen (secondary N) is 1. The Morgan fingerprint density at radius 3 is 2.42 bits per heavy atom. The van der Waals surface area contributed by atoms with Crippen LogP contribution >= 0.6 is 11.6 Å². The maximum absolute atomic E-state index is 11.9. The first kappa shape index (κ1) is 15.5. The van der Waals surface area contributed by atoms with Gasteiger partial charge >= 0.3 is 5.97 Å². The van der Waals surface area contributed by atoms with Crippen LogP contribution in [-0.4, -0.2) is 23.5 Å². The molecule has 1 amide bonds. The summed E-state index contributed by atoms with van der Waals surface area (Å²) in [5.74, 6) is -1.20. The maximum Gasteiger partial charge on any atom is 0.311 e. The van der Waals surface area contributed by atoms with Gasteiger partial charge in [0.2, 0.25) is 0 Å². The number of hydrogen-bond acceptors (Lipinski definition) is 2. The van der Waals surface area contributed by atoms with Crippen molar-refractivity contribution in [2.75, 3.05) is 6.54 Å². The molecule has 0 spiro atoms. The van der Waals surface area contributed by atoms with Gasteiger partial charge in [0.25, 0.3) is 5.91 Å². The summed E-state index contributed by atoms with van der Waals surface area (Å²) < 4.78 is 0. The Morgan fingerprint density at radius 2 is 1.95 bits per heavy atom. The molecule has 0 unspecified atom stereocenters. The van der Waals surface area contributed by atoms with Gasteiger partial charge in [0.15, 0.2) is 0 Å². The molecule has 0 aliphatic rings. The lowest BCUT2D eigenvalue weighted by Gasteiger charge is -2.26. The van der Waals surface area contributed by atoms with Gasteiger partial charge < -0.3 is 10.4 Å². The van der Waals surface area contributed by atoms with E-state index < -0.39 is 11.4 Å². The standard InChI is InChI=1S/C14H18ClNO3/c1-3-14(4-2,13(18)19)9-16-12(17)10-6-5-7-11(15)8-10/h5-8H,3-4,9H2,1-2H3,(H,16,17)(H,18,19). The van der Waals surface area contributed by atoms with Gasteiger partial charge in [0.1, 0.15) is 0 Å². The predicted octanol–water partition coefficient (Wildman–Crippen LogP) is 2.96. The molecule has 4 nitrogen and oxygen atoms in total. The molecule has 0 aliphatic carbocycles. The normalized spacial score (nSPS) is 11.1. The predicted molar refractivity (Wildman–Crippen MR) is 74.4 cm³/mol. The maximum atomic E-state index is 11.9. The molecule has 1 aromatic carbocycles. The smallest absolute Gasteiger partial charge is 0.311 e. The summed E-state index contributed by atoms with van der Waals surface area (Å²) in [5, 5.41) is 12.4. The molecule has 19 heavy (non-hydrogen) atoms. The molecule has 5 heteroatoms. The molecule has 0 saturated heterocycles. The zero-order chi connectivity index (χ0) is 14.5. The molecule has 0 aliphatic heterocycles. The van der Waals surface area contributed by atoms with Gasteiger partial charge in [-0.2, -0.15) is 0 Å². The largest absolute Gasteiger partial charge is 0.481 e. The van der Waals surface area contributed by atoms with Gasteiger partial charge in [-0.3, -0.25) is 9.59 Å². The second-order valence-electron chi connectivity index (χ2n) is 4.49. The van der Waals surface area contributed by atoms with E-state index in [1.807, 2.05) is 13.8 Å². The Labute approximate surface area is 117 Å². The number of carboxylic acids is 1. The molecule has 0 atom stereocenters. The van der Waals surface area contributed by atoms with Crippen LogP contribution < -0.4 is 5.32 Å². The minimum absolute atomic E-state index is 0.112. The van der Waals surface area contributed by atoms with Crippen LogP contribution in [-0.2, 0) is 4.79 Å². The molecular weight excluding hydrogens is 266 g/mol. The van der Waals surface area contributed by atoms with Crippen LogP contribution in [0.3, 0.4) is 0 Å². The van der Waals surface area contributed by atoms with Crippen LogP contribution in [0, 0.1) is 5.41 Å². The molecule has 0 aromatic heterocycles. The van der Waals surface area contributed by atoms with Crippen molar-refractivity contribution >= 4 is 23.5 Å². The monoisotopic (exact) mass is 283 g/mol. The van der Waals surface area contributed by atoms with Gasteiger partial charge in [-0.05, 0) is 31.0 Å². The Bertz CT molecular complexity index is 470. The first-order chi connectivity index (χ1) is 8.95. The van der Waals surface area contributed by atoms with Gasteiger partial charge in [-0.15, -0.1) is 0 Å². The van der Waals surface area contributed by atoms with E-state index in [4.69, 9.17) is 11.6 Å². The Hall–Kier alpha value is -1.55. The molecule has 0 heterocycles. The quantitative estimate of drug-likeness (QED) is 0.843. The number of hydrogen-bond donors (Lipinski definition) is 2.